The summed E-state index contributed by atoms with van der Waals surface area (Å²) in [5.41, 5.74) is 1.77. The number of benzene rings is 1. The maximum Gasteiger partial charge on any atom is 0.254 e. The van der Waals surface area contributed by atoms with Crippen molar-refractivity contribution in [1.29, 1.82) is 0 Å². The Kier molecular flexibility index (Phi) is 3.41. The maximum atomic E-state index is 13.4. The van der Waals surface area contributed by atoms with Crippen LogP contribution in [0.3, 0.4) is 0 Å². The Morgan fingerprint density at radius 3 is 2.89 bits per heavy atom. The van der Waals surface area contributed by atoms with Crippen LogP contribution in [-0.4, -0.2) is 16.1 Å². The van der Waals surface area contributed by atoms with E-state index in [0.717, 1.165) is 5.56 Å². The molecule has 1 atom stereocenters. The third-order valence-corrected chi connectivity index (χ3v) is 2.80. The molecule has 0 saturated carbocycles. The molecular weight excluding hydrogens is 233 g/mol. The molecule has 0 aliphatic heterocycles. The van der Waals surface area contributed by atoms with Crippen molar-refractivity contribution in [3.05, 3.63) is 53.1 Å². The molecule has 1 aromatic carbocycles. The van der Waals surface area contributed by atoms with Gasteiger partial charge in [-0.25, -0.2) is 4.39 Å². The van der Waals surface area contributed by atoms with Crippen molar-refractivity contribution >= 4 is 5.91 Å². The summed E-state index contributed by atoms with van der Waals surface area (Å²) >= 11 is 0. The third kappa shape index (κ3) is 2.56. The molecule has 1 unspecified atom stereocenters. The Bertz CT molecular complexity index is 551. The van der Waals surface area contributed by atoms with Crippen LogP contribution >= 0.6 is 0 Å². The molecule has 4 nitrogen and oxygen atoms in total. The SMILES string of the molecule is Cc1ccc(C(C)NC(=O)c2cn[nH]c2)cc1F. The van der Waals surface area contributed by atoms with E-state index in [0.29, 0.717) is 11.1 Å². The van der Waals surface area contributed by atoms with Crippen LogP contribution < -0.4 is 5.32 Å². The van der Waals surface area contributed by atoms with Gasteiger partial charge in [0, 0.05) is 6.20 Å². The number of nitrogens with one attached hydrogen (secondary N) is 2. The molecule has 5 heteroatoms. The molecule has 0 radical (unpaired) electrons. The Labute approximate surface area is 104 Å². The lowest BCUT2D eigenvalue weighted by Crippen LogP contribution is -2.26. The van der Waals surface area contributed by atoms with Gasteiger partial charge in [-0.2, -0.15) is 5.10 Å². The standard InChI is InChI=1S/C13H14FN3O/c1-8-3-4-10(5-12(8)14)9(2)17-13(18)11-6-15-16-7-11/h3-7,9H,1-2H3,(H,15,16)(H,17,18). The summed E-state index contributed by atoms with van der Waals surface area (Å²) in [5, 5.41) is 9.05. The van der Waals surface area contributed by atoms with Crippen LogP contribution in [0.25, 0.3) is 0 Å². The average molecular weight is 247 g/mol. The number of carbonyl (C=O) groups excluding carboxylic acids is 1. The first kappa shape index (κ1) is 12.3. The van der Waals surface area contributed by atoms with Gasteiger partial charge in [-0.15, -0.1) is 0 Å². The number of hydrogen-bond acceptors (Lipinski definition) is 2. The lowest BCUT2D eigenvalue weighted by molar-refractivity contribution is 0.0940. The number of aryl methyl sites for hydroxylation is 1. The molecule has 0 spiro atoms. The molecule has 0 aliphatic carbocycles. The summed E-state index contributed by atoms with van der Waals surface area (Å²) in [6.07, 6.45) is 2.95. The van der Waals surface area contributed by atoms with Gasteiger partial charge in [-0.05, 0) is 31.0 Å². The van der Waals surface area contributed by atoms with E-state index in [1.807, 2.05) is 6.92 Å². The second kappa shape index (κ2) is 5.00. The summed E-state index contributed by atoms with van der Waals surface area (Å²) in [6, 6.07) is 4.68. The van der Waals surface area contributed by atoms with Crippen LogP contribution in [0, 0.1) is 12.7 Å². The highest BCUT2D eigenvalue weighted by Gasteiger charge is 2.13. The highest BCUT2D eigenvalue weighted by molar-refractivity contribution is 5.93. The van der Waals surface area contributed by atoms with Gasteiger partial charge in [0.15, 0.2) is 0 Å². The minimum absolute atomic E-state index is 0.239. The molecule has 2 rings (SSSR count). The number of H-pyrrole nitrogens is 1. The molecule has 18 heavy (non-hydrogen) atoms. The normalized spacial score (nSPS) is 12.2. The highest BCUT2D eigenvalue weighted by Crippen LogP contribution is 2.16. The summed E-state index contributed by atoms with van der Waals surface area (Å²) in [6.45, 7) is 3.51. The van der Waals surface area contributed by atoms with E-state index in [1.165, 1.54) is 18.5 Å². The van der Waals surface area contributed by atoms with Crippen LogP contribution in [0.2, 0.25) is 0 Å². The zero-order valence-corrected chi connectivity index (χ0v) is 10.2. The number of carbonyl (C=O) groups is 1. The number of aromatic amines is 1. The van der Waals surface area contributed by atoms with Crippen LogP contribution in [0.5, 0.6) is 0 Å². The molecule has 94 valence electrons. The fourth-order valence-corrected chi connectivity index (χ4v) is 1.62. The number of hydrogen-bond donors (Lipinski definition) is 2. The van der Waals surface area contributed by atoms with E-state index in [9.17, 15) is 9.18 Å². The van der Waals surface area contributed by atoms with Gasteiger partial charge in [-0.1, -0.05) is 12.1 Å². The van der Waals surface area contributed by atoms with Crippen LogP contribution in [0.4, 0.5) is 4.39 Å². The van der Waals surface area contributed by atoms with Crippen molar-refractivity contribution in [2.45, 2.75) is 19.9 Å². The van der Waals surface area contributed by atoms with E-state index in [2.05, 4.69) is 15.5 Å². The van der Waals surface area contributed by atoms with E-state index >= 15 is 0 Å². The quantitative estimate of drug-likeness (QED) is 0.874. The molecule has 0 aliphatic rings. The van der Waals surface area contributed by atoms with E-state index in [-0.39, 0.29) is 17.8 Å². The predicted octanol–water partition coefficient (Wildman–Crippen LogP) is 2.35. The van der Waals surface area contributed by atoms with Crippen molar-refractivity contribution in [3.8, 4) is 0 Å². The first-order chi connectivity index (χ1) is 8.58. The Hall–Kier alpha value is -2.17. The molecule has 0 saturated heterocycles. The largest absolute Gasteiger partial charge is 0.345 e. The first-order valence-corrected chi connectivity index (χ1v) is 5.63. The second-order valence-corrected chi connectivity index (χ2v) is 4.19. The van der Waals surface area contributed by atoms with Crippen molar-refractivity contribution in [2.75, 3.05) is 0 Å². The van der Waals surface area contributed by atoms with Crippen LogP contribution in [-0.2, 0) is 0 Å². The molecule has 1 heterocycles. The smallest absolute Gasteiger partial charge is 0.254 e. The minimum Gasteiger partial charge on any atom is -0.345 e. The topological polar surface area (TPSA) is 57.8 Å². The first-order valence-electron chi connectivity index (χ1n) is 5.63. The number of rotatable bonds is 3. The molecule has 1 amide bonds. The Balaban J connectivity index is 2.10. The summed E-state index contributed by atoms with van der Waals surface area (Å²) < 4.78 is 13.4. The highest BCUT2D eigenvalue weighted by atomic mass is 19.1. The fraction of sp³-hybridized carbons (Fsp3) is 0.231. The Morgan fingerprint density at radius 2 is 2.28 bits per heavy atom. The van der Waals surface area contributed by atoms with Gasteiger partial charge >= 0.3 is 0 Å². The van der Waals surface area contributed by atoms with Gasteiger partial charge in [0.1, 0.15) is 5.82 Å². The number of halogens is 1. The summed E-state index contributed by atoms with van der Waals surface area (Å²) in [7, 11) is 0. The van der Waals surface area contributed by atoms with Crippen molar-refractivity contribution in [1.82, 2.24) is 15.5 Å². The zero-order valence-electron chi connectivity index (χ0n) is 10.2. The molecular formula is C13H14FN3O. The van der Waals surface area contributed by atoms with Gasteiger partial charge in [0.05, 0.1) is 17.8 Å². The van der Waals surface area contributed by atoms with E-state index < -0.39 is 0 Å². The van der Waals surface area contributed by atoms with Crippen LogP contribution in [0.1, 0.15) is 34.5 Å². The van der Waals surface area contributed by atoms with Crippen molar-refractivity contribution in [2.24, 2.45) is 0 Å². The molecule has 0 bridgehead atoms. The number of nitrogens with zero attached hydrogens (tertiary/aromatic N) is 1. The molecule has 2 aromatic rings. The second-order valence-electron chi connectivity index (χ2n) is 4.19. The fourth-order valence-electron chi connectivity index (χ4n) is 1.62. The predicted molar refractivity (Wildman–Crippen MR) is 65.6 cm³/mol. The van der Waals surface area contributed by atoms with Gasteiger partial charge < -0.3 is 5.32 Å². The minimum atomic E-state index is -0.267. The zero-order chi connectivity index (χ0) is 13.1. The van der Waals surface area contributed by atoms with E-state index in [1.54, 1.807) is 19.1 Å². The molecule has 2 N–H and O–H groups in total. The lowest BCUT2D eigenvalue weighted by Gasteiger charge is -2.14. The summed E-state index contributed by atoms with van der Waals surface area (Å²) in [5.74, 6) is -0.505. The third-order valence-electron chi connectivity index (χ3n) is 2.80. The van der Waals surface area contributed by atoms with Gasteiger partial charge in [-0.3, -0.25) is 9.89 Å². The van der Waals surface area contributed by atoms with Crippen molar-refractivity contribution in [3.63, 3.8) is 0 Å². The summed E-state index contributed by atoms with van der Waals surface area (Å²) in [4.78, 5) is 11.8. The monoisotopic (exact) mass is 247 g/mol. The lowest BCUT2D eigenvalue weighted by atomic mass is 10.1. The van der Waals surface area contributed by atoms with Crippen molar-refractivity contribution < 1.29 is 9.18 Å². The molecule has 1 aromatic heterocycles. The van der Waals surface area contributed by atoms with E-state index in [4.69, 9.17) is 0 Å². The maximum absolute atomic E-state index is 13.4. The number of amides is 1. The molecule has 0 fully saturated rings. The average Bonchev–Trinajstić information content (AvgIpc) is 2.86. The van der Waals surface area contributed by atoms with Gasteiger partial charge in [0.25, 0.3) is 5.91 Å². The number of aromatic nitrogens is 2. The van der Waals surface area contributed by atoms with Gasteiger partial charge in [0.2, 0.25) is 0 Å². The van der Waals surface area contributed by atoms with Crippen LogP contribution in [0.15, 0.2) is 30.6 Å². The Morgan fingerprint density at radius 1 is 1.50 bits per heavy atom.